The van der Waals surface area contributed by atoms with E-state index in [0.717, 1.165) is 12.8 Å². The van der Waals surface area contributed by atoms with Crippen LogP contribution in [0.15, 0.2) is 27.8 Å². The summed E-state index contributed by atoms with van der Waals surface area (Å²) >= 11 is 1.21. The summed E-state index contributed by atoms with van der Waals surface area (Å²) in [6.45, 7) is 4.08. The summed E-state index contributed by atoms with van der Waals surface area (Å²) in [6, 6.07) is 5.49. The van der Waals surface area contributed by atoms with E-state index in [-0.39, 0.29) is 17.7 Å². The number of hydrogen-bond acceptors (Lipinski definition) is 7. The summed E-state index contributed by atoms with van der Waals surface area (Å²) in [5.74, 6) is 1.79. The van der Waals surface area contributed by atoms with Crippen LogP contribution in [0.25, 0.3) is 11.5 Å². The number of hydrogen-bond donors (Lipinski definition) is 1. The fourth-order valence-electron chi connectivity index (χ4n) is 2.26. The van der Waals surface area contributed by atoms with Gasteiger partial charge >= 0.3 is 0 Å². The highest BCUT2D eigenvalue weighted by Gasteiger charge is 2.14. The van der Waals surface area contributed by atoms with Gasteiger partial charge in [-0.3, -0.25) is 4.79 Å². The Labute approximate surface area is 151 Å². The minimum atomic E-state index is -0.0475. The van der Waals surface area contributed by atoms with E-state index in [1.165, 1.54) is 11.8 Å². The smallest absolute Gasteiger partial charge is 0.277 e. The zero-order valence-electron chi connectivity index (χ0n) is 14.9. The van der Waals surface area contributed by atoms with Gasteiger partial charge in [-0.05, 0) is 25.5 Å². The van der Waals surface area contributed by atoms with Crippen molar-refractivity contribution < 1.29 is 18.7 Å². The number of aromatic nitrogens is 2. The fraction of sp³-hybridized carbons (Fsp3) is 0.471. The molecule has 136 valence electrons. The molecule has 0 aliphatic heterocycles. The quantitative estimate of drug-likeness (QED) is 0.683. The van der Waals surface area contributed by atoms with Crippen molar-refractivity contribution in [3.63, 3.8) is 0 Å². The number of methoxy groups -OCH3 is 2. The van der Waals surface area contributed by atoms with Gasteiger partial charge in [-0.2, -0.15) is 0 Å². The summed E-state index contributed by atoms with van der Waals surface area (Å²) in [7, 11) is 3.15. The molecule has 1 heterocycles. The Bertz CT molecular complexity index is 683. The molecule has 1 N–H and O–H groups in total. The van der Waals surface area contributed by atoms with Gasteiger partial charge in [-0.15, -0.1) is 10.2 Å². The molecule has 1 aromatic heterocycles. The number of nitrogens with zero attached hydrogens (tertiary/aromatic N) is 2. The summed E-state index contributed by atoms with van der Waals surface area (Å²) in [5.41, 5.74) is 0.691. The highest BCUT2D eigenvalue weighted by Crippen LogP contribution is 2.30. The molecule has 0 saturated carbocycles. The van der Waals surface area contributed by atoms with Crippen molar-refractivity contribution in [3.05, 3.63) is 18.2 Å². The van der Waals surface area contributed by atoms with Crippen LogP contribution in [0, 0.1) is 0 Å². The van der Waals surface area contributed by atoms with Crippen molar-refractivity contribution in [2.75, 3.05) is 20.0 Å². The number of thioether (sulfide) groups is 1. The number of benzene rings is 1. The minimum Gasteiger partial charge on any atom is -0.497 e. The van der Waals surface area contributed by atoms with Gasteiger partial charge in [0.15, 0.2) is 0 Å². The van der Waals surface area contributed by atoms with Crippen molar-refractivity contribution in [2.24, 2.45) is 0 Å². The maximum atomic E-state index is 11.9. The average Bonchev–Trinajstić information content (AvgIpc) is 3.08. The maximum absolute atomic E-state index is 11.9. The Balaban J connectivity index is 1.99. The molecule has 0 aliphatic carbocycles. The summed E-state index contributed by atoms with van der Waals surface area (Å²) in [6.07, 6.45) is 1.99. The van der Waals surface area contributed by atoms with E-state index in [1.54, 1.807) is 32.4 Å². The second kappa shape index (κ2) is 9.31. The predicted octanol–water partition coefficient (Wildman–Crippen LogP) is 3.15. The van der Waals surface area contributed by atoms with Crippen molar-refractivity contribution in [1.82, 2.24) is 15.5 Å². The van der Waals surface area contributed by atoms with Crippen LogP contribution in [0.1, 0.15) is 26.7 Å². The van der Waals surface area contributed by atoms with Crippen LogP contribution in [0.3, 0.4) is 0 Å². The van der Waals surface area contributed by atoms with Gasteiger partial charge in [0.2, 0.25) is 11.8 Å². The van der Waals surface area contributed by atoms with E-state index in [2.05, 4.69) is 22.4 Å². The van der Waals surface area contributed by atoms with Gasteiger partial charge in [0.25, 0.3) is 5.22 Å². The van der Waals surface area contributed by atoms with E-state index in [4.69, 9.17) is 13.9 Å². The van der Waals surface area contributed by atoms with Crippen LogP contribution in [-0.4, -0.2) is 42.1 Å². The predicted molar refractivity (Wildman–Crippen MR) is 96.1 cm³/mol. The molecule has 1 aromatic carbocycles. The first-order valence-electron chi connectivity index (χ1n) is 8.04. The normalized spacial score (nSPS) is 11.8. The fourth-order valence-corrected chi connectivity index (χ4v) is 2.84. The Hall–Kier alpha value is -2.22. The molecule has 7 nitrogen and oxygen atoms in total. The third-order valence-electron chi connectivity index (χ3n) is 3.46. The topological polar surface area (TPSA) is 86.5 Å². The molecule has 1 amide bonds. The Kier molecular flexibility index (Phi) is 7.12. The molecule has 0 saturated heterocycles. The number of amides is 1. The molecule has 0 spiro atoms. The number of carbonyl (C=O) groups is 1. The number of carbonyl (C=O) groups excluding carboxylic acids is 1. The summed E-state index contributed by atoms with van der Waals surface area (Å²) in [4.78, 5) is 11.9. The van der Waals surface area contributed by atoms with Gasteiger partial charge in [-0.1, -0.05) is 25.1 Å². The maximum Gasteiger partial charge on any atom is 0.277 e. The van der Waals surface area contributed by atoms with Gasteiger partial charge in [-0.25, -0.2) is 0 Å². The number of ether oxygens (including phenoxy) is 2. The zero-order chi connectivity index (χ0) is 18.2. The van der Waals surface area contributed by atoms with Crippen LogP contribution < -0.4 is 14.8 Å². The van der Waals surface area contributed by atoms with Crippen LogP contribution >= 0.6 is 11.8 Å². The van der Waals surface area contributed by atoms with Crippen LogP contribution in [0.4, 0.5) is 0 Å². The van der Waals surface area contributed by atoms with Gasteiger partial charge in [0.05, 0.1) is 20.0 Å². The summed E-state index contributed by atoms with van der Waals surface area (Å²) in [5, 5.41) is 11.3. The first kappa shape index (κ1) is 19.1. The molecule has 25 heavy (non-hydrogen) atoms. The SMILES string of the molecule is CCC[C@@H](C)NC(=O)CSc1nnc(-c2cc(OC)cc(OC)c2)o1. The van der Waals surface area contributed by atoms with E-state index < -0.39 is 0 Å². The third kappa shape index (κ3) is 5.67. The standard InChI is InChI=1S/C17H23N3O4S/c1-5-6-11(2)18-15(21)10-25-17-20-19-16(24-17)12-7-13(22-3)9-14(8-12)23-4/h7-9,11H,5-6,10H2,1-4H3,(H,18,21)/t11-/m1/s1. The molecule has 0 fully saturated rings. The number of rotatable bonds is 9. The van der Waals surface area contributed by atoms with Crippen molar-refractivity contribution in [3.8, 4) is 23.0 Å². The van der Waals surface area contributed by atoms with E-state index in [0.29, 0.717) is 28.2 Å². The molecule has 0 aliphatic rings. The van der Waals surface area contributed by atoms with E-state index >= 15 is 0 Å². The highest BCUT2D eigenvalue weighted by molar-refractivity contribution is 7.99. The molecule has 0 bridgehead atoms. The first-order chi connectivity index (χ1) is 12.0. The molecular weight excluding hydrogens is 342 g/mol. The highest BCUT2D eigenvalue weighted by atomic mass is 32.2. The molecule has 1 atom stereocenters. The molecule has 0 unspecified atom stereocenters. The molecule has 0 radical (unpaired) electrons. The van der Waals surface area contributed by atoms with Crippen LogP contribution in [0.5, 0.6) is 11.5 Å². The Morgan fingerprint density at radius 3 is 2.52 bits per heavy atom. The Morgan fingerprint density at radius 1 is 1.24 bits per heavy atom. The Morgan fingerprint density at radius 2 is 1.92 bits per heavy atom. The third-order valence-corrected chi connectivity index (χ3v) is 4.28. The lowest BCUT2D eigenvalue weighted by Gasteiger charge is -2.11. The van der Waals surface area contributed by atoms with E-state index in [9.17, 15) is 4.79 Å². The largest absolute Gasteiger partial charge is 0.497 e. The number of nitrogens with one attached hydrogen (secondary N) is 1. The van der Waals surface area contributed by atoms with Crippen molar-refractivity contribution >= 4 is 17.7 Å². The minimum absolute atomic E-state index is 0.0475. The second-order valence-electron chi connectivity index (χ2n) is 5.52. The molecular formula is C17H23N3O4S. The lowest BCUT2D eigenvalue weighted by atomic mass is 10.2. The van der Waals surface area contributed by atoms with Crippen molar-refractivity contribution in [2.45, 2.75) is 38.0 Å². The van der Waals surface area contributed by atoms with E-state index in [1.807, 2.05) is 6.92 Å². The molecule has 2 aromatic rings. The van der Waals surface area contributed by atoms with Crippen LogP contribution in [-0.2, 0) is 4.79 Å². The van der Waals surface area contributed by atoms with Gasteiger partial charge in [0.1, 0.15) is 11.5 Å². The first-order valence-corrected chi connectivity index (χ1v) is 9.03. The summed E-state index contributed by atoms with van der Waals surface area (Å²) < 4.78 is 16.1. The van der Waals surface area contributed by atoms with Gasteiger partial charge in [0, 0.05) is 17.7 Å². The monoisotopic (exact) mass is 365 g/mol. The van der Waals surface area contributed by atoms with Gasteiger partial charge < -0.3 is 19.2 Å². The lowest BCUT2D eigenvalue weighted by molar-refractivity contribution is -0.119. The lowest BCUT2D eigenvalue weighted by Crippen LogP contribution is -2.33. The zero-order valence-corrected chi connectivity index (χ0v) is 15.7. The molecule has 8 heteroatoms. The molecule has 2 rings (SSSR count). The second-order valence-corrected chi connectivity index (χ2v) is 6.45. The van der Waals surface area contributed by atoms with Crippen LogP contribution in [0.2, 0.25) is 0 Å². The van der Waals surface area contributed by atoms with Crippen molar-refractivity contribution in [1.29, 1.82) is 0 Å². The average molecular weight is 365 g/mol.